The lowest BCUT2D eigenvalue weighted by molar-refractivity contribution is 0.827. The summed E-state index contributed by atoms with van der Waals surface area (Å²) >= 11 is 0. The van der Waals surface area contributed by atoms with Gasteiger partial charge in [-0.3, -0.25) is 0 Å². The summed E-state index contributed by atoms with van der Waals surface area (Å²) in [6.45, 7) is 19.1. The Bertz CT molecular complexity index is 2120. The molecule has 0 N–H and O–H groups in total. The molecule has 5 aromatic carbocycles. The number of anilines is 1. The number of hydrogen-bond acceptors (Lipinski definition) is 1. The maximum Gasteiger partial charge on any atom is 0.0497 e. The lowest BCUT2D eigenvalue weighted by Crippen LogP contribution is -2.18. The molecular weight excluding hydrogens is 569 g/mol. The molecule has 0 bridgehead atoms. The van der Waals surface area contributed by atoms with E-state index in [0.29, 0.717) is 0 Å². The predicted octanol–water partition coefficient (Wildman–Crippen LogP) is 11.9. The molecule has 1 aromatic heterocycles. The van der Waals surface area contributed by atoms with Gasteiger partial charge in [-0.15, -0.1) is 0 Å². The van der Waals surface area contributed by atoms with Gasteiger partial charge < -0.3 is 9.47 Å². The Labute approximate surface area is 279 Å². The summed E-state index contributed by atoms with van der Waals surface area (Å²) in [5, 5.41) is 2.64. The van der Waals surface area contributed by atoms with Gasteiger partial charge in [0, 0.05) is 52.7 Å². The highest BCUT2D eigenvalue weighted by molar-refractivity contribution is 6.08. The quantitative estimate of drug-likeness (QED) is 0.123. The largest absolute Gasteiger partial charge is 0.367 e. The van der Waals surface area contributed by atoms with E-state index in [2.05, 4.69) is 177 Å². The van der Waals surface area contributed by atoms with E-state index in [1.807, 2.05) is 6.08 Å². The molecule has 6 aromatic rings. The van der Waals surface area contributed by atoms with Crippen LogP contribution >= 0.6 is 0 Å². The molecule has 0 amide bonds. The number of rotatable bonds is 8. The number of para-hydroxylation sites is 2. The van der Waals surface area contributed by atoms with Crippen molar-refractivity contribution in [1.82, 2.24) is 4.57 Å². The fourth-order valence-corrected chi connectivity index (χ4v) is 6.28. The molecule has 0 spiro atoms. The molecule has 2 heteroatoms. The Morgan fingerprint density at radius 1 is 0.660 bits per heavy atom. The number of allylic oxidation sites excluding steroid dienone is 3. The minimum absolute atomic E-state index is 0.908. The van der Waals surface area contributed by atoms with Crippen LogP contribution in [0, 0.1) is 0 Å². The van der Waals surface area contributed by atoms with Crippen LogP contribution in [0.5, 0.6) is 0 Å². The van der Waals surface area contributed by atoms with Crippen LogP contribution in [0.15, 0.2) is 153 Å². The standard InChI is InChI=1S/C34H29N.C11H13N/c1-4-25(3)10-11-26-14-19-29(20-15-26)30-21-16-27(17-22-30)12-13-28-18-23-32-31-8-6-7-9-33(31)35(5-2)34(32)24-28;1-3-12-8-9(2)10-6-4-5-7-11(10)12/h4,6-24H,1,3,5H2,2H3;4-7H,2-3,8H2,1H3/b11-10+,13-12+;. The second kappa shape index (κ2) is 14.2. The molecule has 7 rings (SSSR count). The number of hydrogen-bond donors (Lipinski definition) is 0. The van der Waals surface area contributed by atoms with Crippen molar-refractivity contribution in [3.05, 3.63) is 175 Å². The van der Waals surface area contributed by atoms with Gasteiger partial charge in [0.1, 0.15) is 0 Å². The first-order valence-electron chi connectivity index (χ1n) is 16.4. The molecule has 1 aliphatic heterocycles. The van der Waals surface area contributed by atoms with Crippen molar-refractivity contribution in [2.24, 2.45) is 0 Å². The van der Waals surface area contributed by atoms with Crippen LogP contribution in [0.4, 0.5) is 5.69 Å². The van der Waals surface area contributed by atoms with Gasteiger partial charge >= 0.3 is 0 Å². The average Bonchev–Trinajstić information content (AvgIpc) is 3.63. The van der Waals surface area contributed by atoms with Gasteiger partial charge in [-0.1, -0.05) is 147 Å². The number of aromatic nitrogens is 1. The highest BCUT2D eigenvalue weighted by Gasteiger charge is 2.19. The molecule has 0 radical (unpaired) electrons. The van der Waals surface area contributed by atoms with Crippen molar-refractivity contribution < 1.29 is 0 Å². The van der Waals surface area contributed by atoms with E-state index < -0.39 is 0 Å². The zero-order valence-corrected chi connectivity index (χ0v) is 27.5. The zero-order valence-electron chi connectivity index (χ0n) is 27.5. The van der Waals surface area contributed by atoms with Crippen LogP contribution in [-0.4, -0.2) is 17.7 Å². The molecule has 1 aliphatic rings. The Kier molecular flexibility index (Phi) is 9.50. The van der Waals surface area contributed by atoms with Crippen molar-refractivity contribution in [3.63, 3.8) is 0 Å². The monoisotopic (exact) mass is 610 g/mol. The molecule has 0 saturated heterocycles. The van der Waals surface area contributed by atoms with Crippen LogP contribution in [-0.2, 0) is 6.54 Å². The van der Waals surface area contributed by atoms with Gasteiger partial charge in [0.15, 0.2) is 0 Å². The number of fused-ring (bicyclic) bond motifs is 4. The average molecular weight is 611 g/mol. The second-order valence-electron chi connectivity index (χ2n) is 11.9. The highest BCUT2D eigenvalue weighted by atomic mass is 15.1. The Balaban J connectivity index is 0.000000269. The van der Waals surface area contributed by atoms with Gasteiger partial charge in [0.2, 0.25) is 0 Å². The lowest BCUT2D eigenvalue weighted by atomic mass is 10.0. The molecular formula is C45H42N2. The Morgan fingerprint density at radius 2 is 1.26 bits per heavy atom. The van der Waals surface area contributed by atoms with Crippen molar-refractivity contribution in [3.8, 4) is 11.1 Å². The van der Waals surface area contributed by atoms with Crippen molar-refractivity contribution >= 4 is 51.3 Å². The molecule has 0 atom stereocenters. The summed E-state index contributed by atoms with van der Waals surface area (Å²) < 4.78 is 2.40. The smallest absolute Gasteiger partial charge is 0.0497 e. The maximum atomic E-state index is 4.05. The van der Waals surface area contributed by atoms with E-state index in [1.54, 1.807) is 6.08 Å². The van der Waals surface area contributed by atoms with Gasteiger partial charge in [0.25, 0.3) is 0 Å². The minimum Gasteiger partial charge on any atom is -0.367 e. The maximum absolute atomic E-state index is 4.05. The molecule has 0 unspecified atom stereocenters. The summed E-state index contributed by atoms with van der Waals surface area (Å²) in [7, 11) is 0. The van der Waals surface area contributed by atoms with Crippen molar-refractivity contribution in [2.75, 3.05) is 18.0 Å². The third-order valence-corrected chi connectivity index (χ3v) is 8.88. The van der Waals surface area contributed by atoms with E-state index in [9.17, 15) is 0 Å². The fourth-order valence-electron chi connectivity index (χ4n) is 6.28. The first-order valence-corrected chi connectivity index (χ1v) is 16.4. The third-order valence-electron chi connectivity index (χ3n) is 8.88. The number of nitrogens with zero attached hydrogens (tertiary/aromatic N) is 2. The van der Waals surface area contributed by atoms with Gasteiger partial charge in [0.05, 0.1) is 0 Å². The molecule has 2 heterocycles. The topological polar surface area (TPSA) is 8.17 Å². The first kappa shape index (κ1) is 31.4. The van der Waals surface area contributed by atoms with Crippen molar-refractivity contribution in [2.45, 2.75) is 20.4 Å². The van der Waals surface area contributed by atoms with Gasteiger partial charge in [-0.25, -0.2) is 0 Å². The van der Waals surface area contributed by atoms with Crippen LogP contribution in [0.2, 0.25) is 0 Å². The molecule has 232 valence electrons. The number of likely N-dealkylation sites (N-methyl/N-ethyl adjacent to an activating group) is 1. The third kappa shape index (κ3) is 6.83. The van der Waals surface area contributed by atoms with E-state index in [4.69, 9.17) is 0 Å². The van der Waals surface area contributed by atoms with E-state index in [0.717, 1.165) is 30.8 Å². The van der Waals surface area contributed by atoms with Crippen LogP contribution in [0.25, 0.3) is 56.7 Å². The van der Waals surface area contributed by atoms with Gasteiger partial charge in [-0.2, -0.15) is 0 Å². The van der Waals surface area contributed by atoms with Crippen LogP contribution in [0.1, 0.15) is 36.1 Å². The summed E-state index contributed by atoms with van der Waals surface area (Å²) in [5.41, 5.74) is 13.4. The summed E-state index contributed by atoms with van der Waals surface area (Å²) in [5.74, 6) is 0. The molecule has 0 fully saturated rings. The molecule has 0 aliphatic carbocycles. The molecule has 0 saturated carbocycles. The highest BCUT2D eigenvalue weighted by Crippen LogP contribution is 2.34. The minimum atomic E-state index is 0.908. The summed E-state index contributed by atoms with van der Waals surface area (Å²) in [6.07, 6.45) is 10.2. The zero-order chi connectivity index (χ0) is 32.8. The number of benzene rings is 5. The fraction of sp³-hybridized carbons (Fsp3) is 0.111. The lowest BCUT2D eigenvalue weighted by Gasteiger charge is -2.15. The SMILES string of the molecule is C=C1CN(CC)c2ccccc21.C=CC(=C)/C=C/c1ccc(-c2ccc(/C=C/c3ccc4c5ccccc5n(CC)c4c3)cc2)cc1. The van der Waals surface area contributed by atoms with E-state index in [-0.39, 0.29) is 0 Å². The summed E-state index contributed by atoms with van der Waals surface area (Å²) in [6, 6.07) is 41.2. The van der Waals surface area contributed by atoms with E-state index >= 15 is 0 Å². The normalized spacial score (nSPS) is 12.6. The number of aryl methyl sites for hydroxylation is 1. The van der Waals surface area contributed by atoms with Crippen LogP contribution < -0.4 is 4.90 Å². The molecule has 47 heavy (non-hydrogen) atoms. The summed E-state index contributed by atoms with van der Waals surface area (Å²) in [4.78, 5) is 2.34. The van der Waals surface area contributed by atoms with E-state index in [1.165, 1.54) is 60.9 Å². The van der Waals surface area contributed by atoms with Gasteiger partial charge in [-0.05, 0) is 71.0 Å². The van der Waals surface area contributed by atoms with Crippen LogP contribution in [0.3, 0.4) is 0 Å². The second-order valence-corrected chi connectivity index (χ2v) is 11.9. The molecule has 2 nitrogen and oxygen atoms in total. The van der Waals surface area contributed by atoms with Crippen molar-refractivity contribution in [1.29, 1.82) is 0 Å². The Morgan fingerprint density at radius 3 is 1.94 bits per heavy atom. The Hall–Kier alpha value is -5.60. The first-order chi connectivity index (χ1) is 23.0. The predicted molar refractivity (Wildman–Crippen MR) is 208 cm³/mol.